The summed E-state index contributed by atoms with van der Waals surface area (Å²) < 4.78 is 0. The van der Waals surface area contributed by atoms with Gasteiger partial charge in [-0.3, -0.25) is 0 Å². The molecule has 0 spiro atoms. The molecule has 0 fully saturated rings. The molecule has 3 rings (SSSR count). The Morgan fingerprint density at radius 1 is 0.895 bits per heavy atom. The van der Waals surface area contributed by atoms with Crippen molar-refractivity contribution in [1.82, 2.24) is 4.98 Å². The molecule has 0 aliphatic heterocycles. The van der Waals surface area contributed by atoms with Gasteiger partial charge in [-0.05, 0) is 30.2 Å². The predicted molar refractivity (Wildman–Crippen MR) is 85.9 cm³/mol. The Morgan fingerprint density at radius 2 is 1.58 bits per heavy atom. The molecule has 3 aromatic rings. The minimum absolute atomic E-state index is 1.09. The molecule has 1 nitrogen and oxygen atoms in total. The fourth-order valence-electron chi connectivity index (χ4n) is 2.16. The van der Waals surface area contributed by atoms with Crippen molar-refractivity contribution in [3.05, 3.63) is 52.3 Å². The van der Waals surface area contributed by atoms with E-state index in [1.165, 1.54) is 21.9 Å². The number of rotatable bonds is 1. The van der Waals surface area contributed by atoms with Gasteiger partial charge in [-0.1, -0.05) is 50.2 Å². The Kier molecular flexibility index (Phi) is 4.33. The van der Waals surface area contributed by atoms with Gasteiger partial charge in [0, 0.05) is 10.9 Å². The number of nitrogens with zero attached hydrogens (tertiary/aromatic N) is 1. The van der Waals surface area contributed by atoms with Crippen molar-refractivity contribution >= 4 is 22.1 Å². The number of aryl methyl sites for hydroxylation is 2. The number of hydrogen-bond donors (Lipinski definition) is 0. The second-order valence-electron chi connectivity index (χ2n) is 4.23. The van der Waals surface area contributed by atoms with Crippen molar-refractivity contribution in [1.29, 1.82) is 0 Å². The molecule has 0 unspecified atom stereocenters. The van der Waals surface area contributed by atoms with E-state index in [2.05, 4.69) is 53.7 Å². The third-order valence-electron chi connectivity index (χ3n) is 3.04. The summed E-state index contributed by atoms with van der Waals surface area (Å²) in [5, 5.41) is 5.85. The third kappa shape index (κ3) is 2.69. The lowest BCUT2D eigenvalue weighted by Crippen LogP contribution is -1.84. The fraction of sp³-hybridized carbons (Fsp3) is 0.235. The number of hydrogen-bond acceptors (Lipinski definition) is 2. The van der Waals surface area contributed by atoms with Gasteiger partial charge >= 0.3 is 0 Å². The highest BCUT2D eigenvalue weighted by molar-refractivity contribution is 7.09. The maximum atomic E-state index is 4.58. The zero-order valence-corrected chi connectivity index (χ0v) is 12.7. The first-order valence-electron chi connectivity index (χ1n) is 6.66. The van der Waals surface area contributed by atoms with E-state index < -0.39 is 0 Å². The van der Waals surface area contributed by atoms with Gasteiger partial charge in [0.25, 0.3) is 0 Å². The molecule has 1 heterocycles. The molecule has 98 valence electrons. The zero-order chi connectivity index (χ0) is 13.8. The molecule has 0 atom stereocenters. The summed E-state index contributed by atoms with van der Waals surface area (Å²) in [5.74, 6) is 0. The molecule has 2 aromatic carbocycles. The second-order valence-corrected chi connectivity index (χ2v) is 5.29. The van der Waals surface area contributed by atoms with Gasteiger partial charge in [-0.2, -0.15) is 0 Å². The SMILES string of the molecule is CC.Cc1nc(-c2ccc(C)c3ccccc23)cs1. The molecule has 0 aliphatic rings. The lowest BCUT2D eigenvalue weighted by atomic mass is 9.99. The van der Waals surface area contributed by atoms with E-state index in [9.17, 15) is 0 Å². The summed E-state index contributed by atoms with van der Waals surface area (Å²) >= 11 is 1.70. The lowest BCUT2D eigenvalue weighted by Gasteiger charge is -2.06. The highest BCUT2D eigenvalue weighted by atomic mass is 32.1. The second kappa shape index (κ2) is 5.98. The minimum atomic E-state index is 1.09. The quantitative estimate of drug-likeness (QED) is 0.560. The van der Waals surface area contributed by atoms with Gasteiger partial charge in [0.1, 0.15) is 0 Å². The van der Waals surface area contributed by atoms with Crippen LogP contribution in [0, 0.1) is 13.8 Å². The van der Waals surface area contributed by atoms with Crippen molar-refractivity contribution in [2.45, 2.75) is 27.7 Å². The lowest BCUT2D eigenvalue weighted by molar-refractivity contribution is 1.30. The van der Waals surface area contributed by atoms with Gasteiger partial charge in [-0.15, -0.1) is 11.3 Å². The molecule has 0 radical (unpaired) electrons. The molecular weight excluding hydrogens is 250 g/mol. The third-order valence-corrected chi connectivity index (χ3v) is 3.81. The molecule has 1 aromatic heterocycles. The van der Waals surface area contributed by atoms with Crippen molar-refractivity contribution in [2.75, 3.05) is 0 Å². The first kappa shape index (κ1) is 13.8. The Morgan fingerprint density at radius 3 is 2.21 bits per heavy atom. The van der Waals surface area contributed by atoms with Gasteiger partial charge in [-0.25, -0.2) is 4.98 Å². The average Bonchev–Trinajstić information content (AvgIpc) is 2.88. The molecular formula is C17H19NS. The Balaban J connectivity index is 0.000000637. The number of fused-ring (bicyclic) bond motifs is 1. The van der Waals surface area contributed by atoms with Crippen LogP contribution in [-0.2, 0) is 0 Å². The first-order chi connectivity index (χ1) is 9.25. The number of thiazole rings is 1. The molecule has 0 saturated heterocycles. The number of benzene rings is 2. The summed E-state index contributed by atoms with van der Waals surface area (Å²) in [6.45, 7) is 8.20. The van der Waals surface area contributed by atoms with E-state index in [0.717, 1.165) is 10.7 Å². The molecule has 19 heavy (non-hydrogen) atoms. The highest BCUT2D eigenvalue weighted by Crippen LogP contribution is 2.30. The van der Waals surface area contributed by atoms with Crippen molar-refractivity contribution in [3.8, 4) is 11.3 Å². The minimum Gasteiger partial charge on any atom is -0.242 e. The summed E-state index contributed by atoms with van der Waals surface area (Å²) in [7, 11) is 0. The largest absolute Gasteiger partial charge is 0.242 e. The maximum absolute atomic E-state index is 4.58. The van der Waals surface area contributed by atoms with E-state index >= 15 is 0 Å². The van der Waals surface area contributed by atoms with Crippen LogP contribution in [0.5, 0.6) is 0 Å². The van der Waals surface area contributed by atoms with Gasteiger partial charge in [0.2, 0.25) is 0 Å². The van der Waals surface area contributed by atoms with Crippen LogP contribution in [0.4, 0.5) is 0 Å². The zero-order valence-electron chi connectivity index (χ0n) is 11.9. The van der Waals surface area contributed by atoms with Crippen molar-refractivity contribution in [3.63, 3.8) is 0 Å². The maximum Gasteiger partial charge on any atom is 0.0901 e. The summed E-state index contributed by atoms with van der Waals surface area (Å²) in [4.78, 5) is 4.58. The van der Waals surface area contributed by atoms with E-state index in [-0.39, 0.29) is 0 Å². The fourth-order valence-corrected chi connectivity index (χ4v) is 2.77. The van der Waals surface area contributed by atoms with Gasteiger partial charge in [0.05, 0.1) is 10.7 Å². The van der Waals surface area contributed by atoms with E-state index in [4.69, 9.17) is 0 Å². The first-order valence-corrected chi connectivity index (χ1v) is 7.54. The van der Waals surface area contributed by atoms with Crippen LogP contribution in [0.25, 0.3) is 22.0 Å². The Bertz CT molecular complexity index is 683. The van der Waals surface area contributed by atoms with Crippen LogP contribution in [0.3, 0.4) is 0 Å². The van der Waals surface area contributed by atoms with Crippen LogP contribution in [0.1, 0.15) is 24.4 Å². The smallest absolute Gasteiger partial charge is 0.0901 e. The molecule has 0 bridgehead atoms. The van der Waals surface area contributed by atoms with Crippen molar-refractivity contribution < 1.29 is 0 Å². The highest BCUT2D eigenvalue weighted by Gasteiger charge is 2.07. The van der Waals surface area contributed by atoms with E-state index in [1.807, 2.05) is 20.8 Å². The average molecular weight is 269 g/mol. The molecule has 2 heteroatoms. The number of aromatic nitrogens is 1. The van der Waals surface area contributed by atoms with Crippen LogP contribution in [0.15, 0.2) is 41.8 Å². The van der Waals surface area contributed by atoms with Crippen molar-refractivity contribution in [2.24, 2.45) is 0 Å². The monoisotopic (exact) mass is 269 g/mol. The van der Waals surface area contributed by atoms with E-state index in [1.54, 1.807) is 11.3 Å². The topological polar surface area (TPSA) is 12.9 Å². The Labute approximate surface area is 118 Å². The van der Waals surface area contributed by atoms with Gasteiger partial charge in [0.15, 0.2) is 0 Å². The summed E-state index contributed by atoms with van der Waals surface area (Å²) in [6, 6.07) is 12.9. The molecule has 0 saturated carbocycles. The van der Waals surface area contributed by atoms with Gasteiger partial charge < -0.3 is 0 Å². The molecule has 0 N–H and O–H groups in total. The van der Waals surface area contributed by atoms with Crippen LogP contribution < -0.4 is 0 Å². The normalized spacial score (nSPS) is 10.1. The summed E-state index contributed by atoms with van der Waals surface area (Å²) in [5.41, 5.74) is 3.63. The predicted octanol–water partition coefficient (Wildman–Crippen LogP) is 5.61. The Hall–Kier alpha value is -1.67. The van der Waals surface area contributed by atoms with Crippen LogP contribution in [-0.4, -0.2) is 4.98 Å². The summed E-state index contributed by atoms with van der Waals surface area (Å²) in [6.07, 6.45) is 0. The molecule has 0 aliphatic carbocycles. The van der Waals surface area contributed by atoms with E-state index in [0.29, 0.717) is 0 Å². The van der Waals surface area contributed by atoms with Crippen LogP contribution in [0.2, 0.25) is 0 Å². The standard InChI is InChI=1S/C15H13NS.C2H6/c1-10-7-8-14(15-9-17-11(2)16-15)13-6-4-3-5-12(10)13;1-2/h3-9H,1-2H3;1-2H3. The van der Waals surface area contributed by atoms with Crippen LogP contribution >= 0.6 is 11.3 Å². The molecule has 0 amide bonds.